The van der Waals surface area contributed by atoms with Crippen LogP contribution in [0.1, 0.15) is 40.0 Å². The van der Waals surface area contributed by atoms with Crippen LogP contribution in [0.5, 0.6) is 0 Å². The van der Waals surface area contributed by atoms with Crippen molar-refractivity contribution in [1.29, 1.82) is 0 Å². The molecule has 0 fully saturated rings. The Kier molecular flexibility index (Phi) is 5.31. The molecule has 0 unspecified atom stereocenters. The number of anilines is 1. The summed E-state index contributed by atoms with van der Waals surface area (Å²) in [5, 5.41) is 15.3. The zero-order chi connectivity index (χ0) is 22.9. The van der Waals surface area contributed by atoms with Crippen LogP contribution < -0.4 is 5.32 Å². The van der Waals surface area contributed by atoms with Crippen molar-refractivity contribution in [3.8, 4) is 0 Å². The van der Waals surface area contributed by atoms with Gasteiger partial charge in [0.05, 0.1) is 22.6 Å². The number of nitrogens with zero attached hydrogens (tertiary/aromatic N) is 2. The molecule has 0 aliphatic carbocycles. The Labute approximate surface area is 192 Å². The first-order valence-corrected chi connectivity index (χ1v) is 11.0. The fraction of sp³-hybridized carbons (Fsp3) is 0.143. The molecule has 2 N–H and O–H groups in total. The lowest BCUT2D eigenvalue weighted by Gasteiger charge is -2.20. The number of nitrogens with one attached hydrogen (secondary N) is 1. The monoisotopic (exact) mass is 435 g/mol. The van der Waals surface area contributed by atoms with Gasteiger partial charge in [-0.15, -0.1) is 0 Å². The molecule has 5 aromatic rings. The summed E-state index contributed by atoms with van der Waals surface area (Å²) in [5.74, 6) is -0.941. The molecule has 0 saturated carbocycles. The Morgan fingerprint density at radius 2 is 1.79 bits per heavy atom. The number of hydrogen-bond donors (Lipinski definition) is 2. The van der Waals surface area contributed by atoms with Crippen molar-refractivity contribution in [2.45, 2.75) is 26.4 Å². The number of aryl methyl sites for hydroxylation is 1. The van der Waals surface area contributed by atoms with Crippen molar-refractivity contribution in [3.63, 3.8) is 0 Å². The van der Waals surface area contributed by atoms with Crippen molar-refractivity contribution in [2.24, 2.45) is 0 Å². The highest BCUT2D eigenvalue weighted by Crippen LogP contribution is 2.36. The topological polar surface area (TPSA) is 67.2 Å². The SMILES string of the molecule is Cc1cc([C@@H](C)Nc2ccccc2C(=O)O)c2c(c1)c1cnccc1n2Cc1ccccc1. The van der Waals surface area contributed by atoms with Gasteiger partial charge in [0.15, 0.2) is 0 Å². The summed E-state index contributed by atoms with van der Waals surface area (Å²) in [6.45, 7) is 4.91. The van der Waals surface area contributed by atoms with E-state index in [-0.39, 0.29) is 11.6 Å². The molecule has 0 spiro atoms. The lowest BCUT2D eigenvalue weighted by Crippen LogP contribution is -2.12. The number of hydrogen-bond acceptors (Lipinski definition) is 3. The van der Waals surface area contributed by atoms with Crippen LogP contribution in [0.4, 0.5) is 5.69 Å². The number of carbonyl (C=O) groups is 1. The average molecular weight is 436 g/mol. The molecule has 0 bridgehead atoms. The van der Waals surface area contributed by atoms with E-state index in [9.17, 15) is 9.90 Å². The van der Waals surface area contributed by atoms with Gasteiger partial charge in [0.2, 0.25) is 0 Å². The molecule has 2 heterocycles. The quantitative estimate of drug-likeness (QED) is 0.323. The van der Waals surface area contributed by atoms with E-state index in [2.05, 4.69) is 71.2 Å². The van der Waals surface area contributed by atoms with Gasteiger partial charge in [0, 0.05) is 35.4 Å². The maximum Gasteiger partial charge on any atom is 0.337 e. The van der Waals surface area contributed by atoms with E-state index >= 15 is 0 Å². The molecule has 33 heavy (non-hydrogen) atoms. The lowest BCUT2D eigenvalue weighted by molar-refractivity contribution is 0.0698. The summed E-state index contributed by atoms with van der Waals surface area (Å²) >= 11 is 0. The van der Waals surface area contributed by atoms with E-state index in [1.807, 2.05) is 30.6 Å². The van der Waals surface area contributed by atoms with E-state index in [4.69, 9.17) is 0 Å². The third-order valence-corrected chi connectivity index (χ3v) is 6.11. The Morgan fingerprint density at radius 3 is 2.58 bits per heavy atom. The van der Waals surface area contributed by atoms with Gasteiger partial charge in [-0.05, 0) is 49.2 Å². The predicted molar refractivity (Wildman–Crippen MR) is 133 cm³/mol. The van der Waals surface area contributed by atoms with Gasteiger partial charge in [-0.2, -0.15) is 0 Å². The van der Waals surface area contributed by atoms with Crippen LogP contribution in [0.2, 0.25) is 0 Å². The van der Waals surface area contributed by atoms with Crippen LogP contribution in [-0.2, 0) is 6.54 Å². The predicted octanol–water partition coefficient (Wildman–Crippen LogP) is 6.42. The zero-order valence-corrected chi connectivity index (χ0v) is 18.6. The van der Waals surface area contributed by atoms with Gasteiger partial charge < -0.3 is 15.0 Å². The number of aromatic nitrogens is 2. The first-order valence-electron chi connectivity index (χ1n) is 11.0. The molecule has 0 aliphatic heterocycles. The van der Waals surface area contributed by atoms with Crippen molar-refractivity contribution in [1.82, 2.24) is 9.55 Å². The molecule has 3 aromatic carbocycles. The minimum Gasteiger partial charge on any atom is -0.478 e. The Bertz CT molecular complexity index is 1470. The molecule has 1 atom stereocenters. The molecule has 2 aromatic heterocycles. The smallest absolute Gasteiger partial charge is 0.337 e. The van der Waals surface area contributed by atoms with Crippen molar-refractivity contribution in [3.05, 3.63) is 107 Å². The van der Waals surface area contributed by atoms with Gasteiger partial charge in [0.1, 0.15) is 0 Å². The average Bonchev–Trinajstić information content (AvgIpc) is 3.13. The third kappa shape index (κ3) is 3.82. The third-order valence-electron chi connectivity index (χ3n) is 6.11. The van der Waals surface area contributed by atoms with E-state index in [1.165, 1.54) is 5.56 Å². The minimum atomic E-state index is -0.941. The second kappa shape index (κ2) is 8.43. The second-order valence-corrected chi connectivity index (χ2v) is 8.43. The molecule has 0 saturated heterocycles. The van der Waals surface area contributed by atoms with Crippen LogP contribution in [0, 0.1) is 6.92 Å². The molecule has 5 rings (SSSR count). The number of fused-ring (bicyclic) bond motifs is 3. The maximum absolute atomic E-state index is 11.7. The number of pyridine rings is 1. The number of rotatable bonds is 6. The van der Waals surface area contributed by atoms with E-state index in [1.54, 1.807) is 12.1 Å². The van der Waals surface area contributed by atoms with Crippen LogP contribution in [0.15, 0.2) is 85.2 Å². The minimum absolute atomic E-state index is 0.111. The Morgan fingerprint density at radius 1 is 1.03 bits per heavy atom. The highest BCUT2D eigenvalue weighted by molar-refractivity contribution is 6.09. The fourth-order valence-corrected chi connectivity index (χ4v) is 4.63. The Hall–Kier alpha value is -4.12. The summed E-state index contributed by atoms with van der Waals surface area (Å²) in [6, 6.07) is 23.8. The Balaban J connectivity index is 1.70. The van der Waals surface area contributed by atoms with Gasteiger partial charge in [0.25, 0.3) is 0 Å². The maximum atomic E-state index is 11.7. The number of carboxylic acid groups (broad SMARTS) is 1. The molecule has 164 valence electrons. The van der Waals surface area contributed by atoms with Crippen LogP contribution in [-0.4, -0.2) is 20.6 Å². The molecule has 0 aliphatic rings. The second-order valence-electron chi connectivity index (χ2n) is 8.43. The summed E-state index contributed by atoms with van der Waals surface area (Å²) in [5.41, 5.74) is 6.64. The molecule has 0 radical (unpaired) electrons. The summed E-state index contributed by atoms with van der Waals surface area (Å²) in [7, 11) is 0. The van der Waals surface area contributed by atoms with Gasteiger partial charge in [-0.25, -0.2) is 4.79 Å². The van der Waals surface area contributed by atoms with Crippen LogP contribution in [0.3, 0.4) is 0 Å². The molecular weight excluding hydrogens is 410 g/mol. The highest BCUT2D eigenvalue weighted by Gasteiger charge is 2.20. The van der Waals surface area contributed by atoms with E-state index in [0.29, 0.717) is 5.69 Å². The first kappa shape index (κ1) is 20.8. The van der Waals surface area contributed by atoms with Crippen LogP contribution in [0.25, 0.3) is 21.8 Å². The largest absolute Gasteiger partial charge is 0.478 e. The number of para-hydroxylation sites is 1. The number of aromatic carboxylic acids is 1. The summed E-state index contributed by atoms with van der Waals surface area (Å²) in [4.78, 5) is 16.1. The zero-order valence-electron chi connectivity index (χ0n) is 18.6. The number of carboxylic acids is 1. The van der Waals surface area contributed by atoms with E-state index in [0.717, 1.165) is 39.5 Å². The van der Waals surface area contributed by atoms with Crippen molar-refractivity contribution < 1.29 is 9.90 Å². The molecule has 5 nitrogen and oxygen atoms in total. The summed E-state index contributed by atoms with van der Waals surface area (Å²) < 4.78 is 2.34. The number of benzene rings is 3. The molecular formula is C28H25N3O2. The summed E-state index contributed by atoms with van der Waals surface area (Å²) in [6.07, 6.45) is 3.76. The molecule has 0 amide bonds. The highest BCUT2D eigenvalue weighted by atomic mass is 16.4. The lowest BCUT2D eigenvalue weighted by atomic mass is 10.00. The molecule has 5 heteroatoms. The van der Waals surface area contributed by atoms with Crippen LogP contribution >= 0.6 is 0 Å². The van der Waals surface area contributed by atoms with Gasteiger partial charge in [-0.3, -0.25) is 4.98 Å². The van der Waals surface area contributed by atoms with Crippen molar-refractivity contribution in [2.75, 3.05) is 5.32 Å². The van der Waals surface area contributed by atoms with Gasteiger partial charge in [-0.1, -0.05) is 54.1 Å². The fourth-order valence-electron chi connectivity index (χ4n) is 4.63. The van der Waals surface area contributed by atoms with Crippen molar-refractivity contribution >= 4 is 33.5 Å². The van der Waals surface area contributed by atoms with Gasteiger partial charge >= 0.3 is 5.97 Å². The first-order chi connectivity index (χ1) is 16.0. The standard InChI is InChI=1S/C28H25N3O2/c1-18-14-22(19(2)30-25-11-7-6-10-21(25)28(32)33)27-23(15-18)24-16-29-13-12-26(24)31(27)17-20-8-4-3-5-9-20/h3-16,19,30H,17H2,1-2H3,(H,32,33)/t19-/m1/s1. The normalized spacial score (nSPS) is 12.2. The van der Waals surface area contributed by atoms with E-state index < -0.39 is 5.97 Å².